The van der Waals surface area contributed by atoms with Crippen molar-refractivity contribution >= 4 is 23.9 Å². The number of nitrogens with zero attached hydrogens (tertiary/aromatic N) is 6. The summed E-state index contributed by atoms with van der Waals surface area (Å²) in [7, 11) is 5.34. The van der Waals surface area contributed by atoms with E-state index in [2.05, 4.69) is 25.8 Å². The highest BCUT2D eigenvalue weighted by molar-refractivity contribution is 6.00. The Kier molecular flexibility index (Phi) is 17.6. The Morgan fingerprint density at radius 2 is 1.89 bits per heavy atom. The Balaban J connectivity index is 1.45. The summed E-state index contributed by atoms with van der Waals surface area (Å²) in [6.45, 7) is 14.1. The van der Waals surface area contributed by atoms with Crippen LogP contribution in [0.15, 0.2) is 42.9 Å². The van der Waals surface area contributed by atoms with E-state index in [9.17, 15) is 19.8 Å². The number of nitrogen functional groups attached to an aromatic ring is 1. The molecule has 2 aromatic heterocycles. The van der Waals surface area contributed by atoms with Gasteiger partial charge in [0.2, 0.25) is 6.41 Å². The molecular weight excluding hydrogens is 823 g/mol. The fraction of sp³-hybridized carbons (Fsp3) is 0.696. The fourth-order valence-electron chi connectivity index (χ4n) is 9.78. The lowest BCUT2D eigenvalue weighted by atomic mass is 9.77. The summed E-state index contributed by atoms with van der Waals surface area (Å²) >= 11 is 0. The molecule has 0 radical (unpaired) electrons. The molecule has 2 aliphatic heterocycles. The highest BCUT2D eigenvalue weighted by Crippen LogP contribution is 2.37. The van der Waals surface area contributed by atoms with Crippen molar-refractivity contribution < 1.29 is 43.5 Å². The number of carbonyl (C=O) groups excluding carboxylic acids is 3. The highest BCUT2D eigenvalue weighted by atomic mass is 16.7. The number of methoxy groups -OCH3 is 1. The molecule has 5 rings (SSSR count). The van der Waals surface area contributed by atoms with E-state index in [1.54, 1.807) is 49.9 Å². The van der Waals surface area contributed by atoms with E-state index < -0.39 is 71.5 Å². The van der Waals surface area contributed by atoms with E-state index in [-0.39, 0.29) is 37.5 Å². The maximum Gasteiger partial charge on any atom is 0.317 e. The van der Waals surface area contributed by atoms with Gasteiger partial charge in [0, 0.05) is 55.6 Å². The van der Waals surface area contributed by atoms with Gasteiger partial charge in [0.25, 0.3) is 0 Å². The van der Waals surface area contributed by atoms with Gasteiger partial charge in [-0.25, -0.2) is 0 Å². The minimum atomic E-state index is -1.78. The first-order valence-electron chi connectivity index (χ1n) is 22.7. The Bertz CT molecular complexity index is 1950. The quantitative estimate of drug-likeness (QED) is 0.0485. The van der Waals surface area contributed by atoms with Gasteiger partial charge in [0.15, 0.2) is 12.1 Å². The molecule has 13 atom stereocenters. The molecule has 18 heteroatoms. The van der Waals surface area contributed by atoms with E-state index in [0.717, 1.165) is 12.0 Å². The second-order valence-electron chi connectivity index (χ2n) is 18.8. The zero-order valence-electron chi connectivity index (χ0n) is 39.3. The summed E-state index contributed by atoms with van der Waals surface area (Å²) in [5.41, 5.74) is 5.85. The largest absolute Gasteiger partial charge is 0.459 e. The number of Topliss-reactive ketones (excluding diaryl/α,β-unsaturated/α-hetero) is 1. The molecule has 4 heterocycles. The van der Waals surface area contributed by atoms with Gasteiger partial charge < -0.3 is 50.0 Å². The molecular formula is C46H73N9O9. The van der Waals surface area contributed by atoms with Crippen molar-refractivity contribution in [1.29, 1.82) is 0 Å². The Hall–Kier alpha value is -4.30. The van der Waals surface area contributed by atoms with Crippen LogP contribution in [0.5, 0.6) is 0 Å². The number of cyclic esters (lactones) is 1. The molecule has 356 valence electrons. The number of likely N-dealkylation sites (N-methyl/N-ethyl adjacent to an activating group) is 1. The monoisotopic (exact) mass is 896 g/mol. The van der Waals surface area contributed by atoms with E-state index in [0.29, 0.717) is 55.7 Å². The number of benzene rings is 1. The molecule has 0 saturated carbocycles. The number of amides is 1. The van der Waals surface area contributed by atoms with Crippen molar-refractivity contribution in [3.05, 3.63) is 48.4 Å². The first kappa shape index (κ1) is 50.7. The van der Waals surface area contributed by atoms with E-state index >= 15 is 4.79 Å². The normalized spacial score (nSPS) is 33.6. The zero-order chi connectivity index (χ0) is 46.9. The second kappa shape index (κ2) is 22.3. The maximum atomic E-state index is 15.0. The number of hydrogen-bond acceptors (Lipinski definition) is 15. The van der Waals surface area contributed by atoms with Crippen LogP contribution in [0.2, 0.25) is 0 Å². The van der Waals surface area contributed by atoms with E-state index in [1.807, 2.05) is 77.2 Å². The molecule has 6 N–H and O–H groups in total. The predicted molar refractivity (Wildman–Crippen MR) is 240 cm³/mol. The third kappa shape index (κ3) is 12.1. The minimum Gasteiger partial charge on any atom is -0.459 e. The van der Waals surface area contributed by atoms with Gasteiger partial charge in [-0.05, 0) is 110 Å². The Morgan fingerprint density at radius 3 is 2.53 bits per heavy atom. The number of esters is 1. The summed E-state index contributed by atoms with van der Waals surface area (Å²) in [5, 5.41) is 43.2. The minimum absolute atomic E-state index is 0.0410. The average Bonchev–Trinajstić information content (AvgIpc) is 3.97. The number of aliphatic hydroxyl groups excluding tert-OH is 1. The van der Waals surface area contributed by atoms with Crippen molar-refractivity contribution in [3.8, 4) is 11.3 Å². The SMILES string of the molecule is CC[C@H]1OC(=O)[C@H](Cc2cn[nH]c2)C(=O)[C@H](C)[C@@H](O[C@@H]2O[C@H](C)CC(N(C)C)C2O)[C@](C)(OC)C[C@@H](C)CN[C@H](C)[C@@H](N(C=O)CCCCn2cc(-c3cccc(N)c3)nn2)[C@]1(C)O. The first-order valence-corrected chi connectivity index (χ1v) is 22.7. The molecule has 64 heavy (non-hydrogen) atoms. The molecule has 18 nitrogen and oxygen atoms in total. The van der Waals surface area contributed by atoms with Crippen molar-refractivity contribution in [3.63, 3.8) is 0 Å². The molecule has 1 aromatic carbocycles. The standard InChI is InChI=1S/C46H73N9O9/c1-11-38-46(7,60)41(54(27-56)17-12-13-18-55-26-36(51-52-55)33-15-14-16-34(47)21-33)31(5)48-23-28(2)22-45(6,61-10)42(64-44-40(58)37(53(8)9)19-29(3)62-44)30(4)39(57)35(43(59)63-38)20-32-24-49-50-25-32/h14-16,21,24-31,35,37-38,40-42,44,48,58,60H,11-13,17-20,22-23,47H2,1-10H3,(H,49,50)/t28-,29-,30+,31-,35-,37?,38-,40?,41-,42-,44+,45-,46-/m1/s1. The summed E-state index contributed by atoms with van der Waals surface area (Å²) in [6, 6.07) is 5.78. The van der Waals surface area contributed by atoms with Gasteiger partial charge in [-0.1, -0.05) is 38.1 Å². The van der Waals surface area contributed by atoms with Crippen LogP contribution in [0, 0.1) is 17.8 Å². The molecule has 0 spiro atoms. The number of aliphatic hydroxyl groups is 2. The van der Waals surface area contributed by atoms with Crippen LogP contribution in [0.3, 0.4) is 0 Å². The summed E-state index contributed by atoms with van der Waals surface area (Å²) in [5.74, 6) is -3.71. The van der Waals surface area contributed by atoms with Crippen molar-refractivity contribution in [2.24, 2.45) is 17.8 Å². The molecule has 1 amide bonds. The number of aryl methyl sites for hydroxylation is 1. The third-order valence-electron chi connectivity index (χ3n) is 13.3. The lowest BCUT2D eigenvalue weighted by Gasteiger charge is -2.47. The molecule has 2 fully saturated rings. The first-order chi connectivity index (χ1) is 30.3. The summed E-state index contributed by atoms with van der Waals surface area (Å²) < 4.78 is 27.3. The number of hydrogen-bond donors (Lipinski definition) is 5. The van der Waals surface area contributed by atoms with Crippen LogP contribution < -0.4 is 11.1 Å². The van der Waals surface area contributed by atoms with Crippen molar-refractivity contribution in [2.75, 3.05) is 40.0 Å². The average molecular weight is 896 g/mol. The van der Waals surface area contributed by atoms with Crippen LogP contribution in [-0.2, 0) is 46.3 Å². The number of unbranched alkanes of at least 4 members (excludes halogenated alkanes) is 1. The second-order valence-corrected chi connectivity index (χ2v) is 18.8. The number of aromatic amines is 1. The number of carbonyl (C=O) groups is 3. The molecule has 0 bridgehead atoms. The zero-order valence-corrected chi connectivity index (χ0v) is 39.3. The number of anilines is 1. The lowest BCUT2D eigenvalue weighted by molar-refractivity contribution is -0.295. The summed E-state index contributed by atoms with van der Waals surface area (Å²) in [6.07, 6.45) is 3.56. The van der Waals surface area contributed by atoms with E-state index in [1.165, 1.54) is 0 Å². The number of ether oxygens (including phenoxy) is 4. The Morgan fingerprint density at radius 1 is 1.14 bits per heavy atom. The lowest BCUT2D eigenvalue weighted by Crippen LogP contribution is -2.65. The number of nitrogens with one attached hydrogen (secondary N) is 2. The Labute approximate surface area is 377 Å². The van der Waals surface area contributed by atoms with Crippen LogP contribution in [0.25, 0.3) is 11.3 Å². The fourth-order valence-corrected chi connectivity index (χ4v) is 9.78. The predicted octanol–water partition coefficient (Wildman–Crippen LogP) is 3.23. The van der Waals surface area contributed by atoms with Gasteiger partial charge in [-0.15, -0.1) is 5.10 Å². The van der Waals surface area contributed by atoms with Gasteiger partial charge >= 0.3 is 5.97 Å². The summed E-state index contributed by atoms with van der Waals surface area (Å²) in [4.78, 5) is 46.2. The topological polar surface area (TPSA) is 233 Å². The number of rotatable bonds is 15. The van der Waals surface area contributed by atoms with Crippen LogP contribution in [-0.4, -0.2) is 158 Å². The molecule has 0 aliphatic carbocycles. The molecule has 2 unspecified atom stereocenters. The number of nitrogens with two attached hydrogens (primary N) is 1. The van der Waals surface area contributed by atoms with Gasteiger partial charge in [0.05, 0.1) is 36.2 Å². The van der Waals surface area contributed by atoms with Crippen LogP contribution in [0.1, 0.15) is 86.1 Å². The number of ketones is 1. The van der Waals surface area contributed by atoms with Crippen LogP contribution in [0.4, 0.5) is 5.69 Å². The van der Waals surface area contributed by atoms with Crippen LogP contribution >= 0.6 is 0 Å². The van der Waals surface area contributed by atoms with Gasteiger partial charge in [0.1, 0.15) is 29.4 Å². The molecule has 2 aliphatic rings. The van der Waals surface area contributed by atoms with Crippen molar-refractivity contribution in [2.45, 2.75) is 154 Å². The number of H-pyrrole nitrogens is 1. The third-order valence-corrected chi connectivity index (χ3v) is 13.3. The highest BCUT2D eigenvalue weighted by Gasteiger charge is 2.51. The van der Waals surface area contributed by atoms with E-state index in [4.69, 9.17) is 24.7 Å². The molecule has 3 aromatic rings. The van der Waals surface area contributed by atoms with Gasteiger partial charge in [-0.2, -0.15) is 5.10 Å². The molecule has 2 saturated heterocycles. The van der Waals surface area contributed by atoms with Crippen molar-refractivity contribution in [1.82, 2.24) is 40.3 Å². The maximum absolute atomic E-state index is 15.0. The number of aromatic nitrogens is 5. The van der Waals surface area contributed by atoms with Gasteiger partial charge in [-0.3, -0.25) is 24.2 Å². The smallest absolute Gasteiger partial charge is 0.317 e.